The van der Waals surface area contributed by atoms with Gasteiger partial charge in [-0.15, -0.1) is 0 Å². The zero-order chi connectivity index (χ0) is 15.8. The van der Waals surface area contributed by atoms with Crippen LogP contribution in [0.3, 0.4) is 0 Å². The van der Waals surface area contributed by atoms with Gasteiger partial charge in [0.1, 0.15) is 24.5 Å². The van der Waals surface area contributed by atoms with E-state index in [9.17, 15) is 4.79 Å². The van der Waals surface area contributed by atoms with E-state index in [1.807, 2.05) is 20.8 Å². The van der Waals surface area contributed by atoms with Crippen LogP contribution in [-0.2, 0) is 4.74 Å². The molecule has 0 saturated carbocycles. The van der Waals surface area contributed by atoms with Gasteiger partial charge in [-0.1, -0.05) is 13.8 Å². The van der Waals surface area contributed by atoms with Gasteiger partial charge in [0.15, 0.2) is 11.6 Å². The van der Waals surface area contributed by atoms with Gasteiger partial charge in [-0.25, -0.2) is 19.7 Å². The van der Waals surface area contributed by atoms with E-state index in [1.165, 1.54) is 19.8 Å². The number of anilines is 1. The number of amides is 1. The molecule has 21 heavy (non-hydrogen) atoms. The van der Waals surface area contributed by atoms with Gasteiger partial charge in [-0.05, 0) is 6.92 Å². The summed E-state index contributed by atoms with van der Waals surface area (Å²) in [5.74, 6) is 1.47. The Morgan fingerprint density at radius 1 is 1.33 bits per heavy atom. The van der Waals surface area contributed by atoms with Crippen LogP contribution < -0.4 is 11.1 Å². The maximum absolute atomic E-state index is 11.1. The predicted octanol–water partition coefficient (Wildman–Crippen LogP) is 0.565. The number of ether oxygens (including phenoxy) is 1. The summed E-state index contributed by atoms with van der Waals surface area (Å²) in [6.07, 6.45) is 2.14. The average Bonchev–Trinajstić information content (AvgIpc) is 2.99. The maximum atomic E-state index is 11.1. The van der Waals surface area contributed by atoms with Crippen LogP contribution in [0.15, 0.2) is 18.7 Å². The van der Waals surface area contributed by atoms with Crippen LogP contribution in [0, 0.1) is 0 Å². The monoisotopic (exact) mass is 294 g/mol. The van der Waals surface area contributed by atoms with E-state index in [-0.39, 0.29) is 6.04 Å². The minimum absolute atomic E-state index is 0.0468. The van der Waals surface area contributed by atoms with Crippen molar-refractivity contribution in [3.63, 3.8) is 0 Å². The van der Waals surface area contributed by atoms with E-state index >= 15 is 0 Å². The third-order valence-electron chi connectivity index (χ3n) is 2.30. The van der Waals surface area contributed by atoms with E-state index in [0.717, 1.165) is 0 Å². The van der Waals surface area contributed by atoms with Crippen LogP contribution in [0.25, 0.3) is 5.82 Å². The Kier molecular flexibility index (Phi) is 6.21. The number of nitrogens with zero attached hydrogens (tertiary/aromatic N) is 5. The molecule has 9 nitrogen and oxygen atoms in total. The van der Waals surface area contributed by atoms with Gasteiger partial charge in [-0.3, -0.25) is 5.32 Å². The summed E-state index contributed by atoms with van der Waals surface area (Å²) in [6.45, 7) is 5.90. The highest BCUT2D eigenvalue weighted by molar-refractivity contribution is 5.83. The third-order valence-corrected chi connectivity index (χ3v) is 2.30. The molecular formula is C12H20N7O2+. The van der Waals surface area contributed by atoms with Gasteiger partial charge in [0.25, 0.3) is 0 Å². The van der Waals surface area contributed by atoms with Crippen molar-refractivity contribution < 1.29 is 15.3 Å². The summed E-state index contributed by atoms with van der Waals surface area (Å²) < 4.78 is 6.03. The Hall–Kier alpha value is -2.55. The van der Waals surface area contributed by atoms with Gasteiger partial charge >= 0.3 is 6.09 Å². The largest absolute Gasteiger partial charge is 0.453 e. The van der Waals surface area contributed by atoms with Crippen molar-refractivity contribution in [2.75, 3.05) is 12.4 Å². The minimum atomic E-state index is -0.603. The van der Waals surface area contributed by atoms with Crippen LogP contribution in [-0.4, -0.2) is 37.9 Å². The summed E-state index contributed by atoms with van der Waals surface area (Å²) >= 11 is 0. The Balaban J connectivity index is 0.00000106. The summed E-state index contributed by atoms with van der Waals surface area (Å²) in [7, 11) is 1.28. The number of hydrogen-bond acceptors (Lipinski definition) is 6. The van der Waals surface area contributed by atoms with Gasteiger partial charge in [0.05, 0.1) is 7.11 Å². The molecule has 0 aliphatic rings. The Bertz CT molecular complexity index is 582. The van der Waals surface area contributed by atoms with Crippen molar-refractivity contribution >= 4 is 11.9 Å². The maximum Gasteiger partial charge on any atom is 0.412 e. The number of carbonyl (C=O) groups is 1. The zero-order valence-corrected chi connectivity index (χ0v) is 12.6. The lowest BCUT2D eigenvalue weighted by molar-refractivity contribution is -0.422. The molecule has 0 saturated heterocycles. The standard InChI is InChI=1S/C10H13N7O2.C2H6/c1-6(11)9-14-5-15-17(9)8-3-7(12-4-13-8)16-10(18)19-2;1-2/h3-6H,11H2,1-2H3,(H,12,13,16,18);1-2H3/p+1. The minimum Gasteiger partial charge on any atom is -0.453 e. The number of aromatic nitrogens is 5. The molecule has 0 aliphatic carbocycles. The fourth-order valence-electron chi connectivity index (χ4n) is 1.45. The van der Waals surface area contributed by atoms with Gasteiger partial charge in [0, 0.05) is 6.07 Å². The van der Waals surface area contributed by atoms with Crippen LogP contribution in [0.4, 0.5) is 10.6 Å². The molecule has 0 spiro atoms. The Morgan fingerprint density at radius 2 is 2.05 bits per heavy atom. The van der Waals surface area contributed by atoms with E-state index in [0.29, 0.717) is 17.5 Å². The lowest BCUT2D eigenvalue weighted by atomic mass is 10.3. The van der Waals surface area contributed by atoms with Crippen molar-refractivity contribution in [1.82, 2.24) is 24.7 Å². The first-order chi connectivity index (χ1) is 10.1. The van der Waals surface area contributed by atoms with Crippen LogP contribution >= 0.6 is 0 Å². The number of methoxy groups -OCH3 is 1. The van der Waals surface area contributed by atoms with Crippen molar-refractivity contribution in [3.05, 3.63) is 24.5 Å². The van der Waals surface area contributed by atoms with E-state index in [2.05, 4.69) is 35.8 Å². The highest BCUT2D eigenvalue weighted by atomic mass is 16.5. The number of hydrogen-bond donors (Lipinski definition) is 2. The first-order valence-corrected chi connectivity index (χ1v) is 6.52. The smallest absolute Gasteiger partial charge is 0.412 e. The van der Waals surface area contributed by atoms with E-state index in [1.54, 1.807) is 10.7 Å². The second-order valence-electron chi connectivity index (χ2n) is 3.81. The summed E-state index contributed by atoms with van der Waals surface area (Å²) in [4.78, 5) is 23.2. The number of rotatable bonds is 3. The highest BCUT2D eigenvalue weighted by Crippen LogP contribution is 2.12. The number of nitrogens with one attached hydrogen (secondary N) is 1. The third kappa shape index (κ3) is 4.21. The Morgan fingerprint density at radius 3 is 2.67 bits per heavy atom. The van der Waals surface area contributed by atoms with Crippen molar-refractivity contribution in [2.45, 2.75) is 26.8 Å². The molecule has 114 valence electrons. The van der Waals surface area contributed by atoms with Gasteiger partial charge < -0.3 is 10.5 Å². The van der Waals surface area contributed by atoms with Crippen molar-refractivity contribution in [1.29, 1.82) is 0 Å². The summed E-state index contributed by atoms with van der Waals surface area (Å²) in [5.41, 5.74) is 3.89. The molecule has 1 amide bonds. The fourth-order valence-corrected chi connectivity index (χ4v) is 1.45. The molecule has 1 atom stereocenters. The fraction of sp³-hybridized carbons (Fsp3) is 0.417. The predicted molar refractivity (Wildman–Crippen MR) is 75.6 cm³/mol. The molecule has 2 heterocycles. The molecule has 0 radical (unpaired) electrons. The quantitative estimate of drug-likeness (QED) is 0.853. The second kappa shape index (κ2) is 7.90. The van der Waals surface area contributed by atoms with E-state index in [4.69, 9.17) is 0 Å². The lowest BCUT2D eigenvalue weighted by Gasteiger charge is -2.07. The topological polar surface area (TPSA) is 122 Å². The molecule has 4 N–H and O–H groups in total. The molecule has 1 unspecified atom stereocenters. The van der Waals surface area contributed by atoms with Gasteiger partial charge in [0.2, 0.25) is 0 Å². The summed E-state index contributed by atoms with van der Waals surface area (Å²) in [5, 5.41) is 6.53. The zero-order valence-electron chi connectivity index (χ0n) is 12.6. The lowest BCUT2D eigenvalue weighted by Crippen LogP contribution is -2.52. The highest BCUT2D eigenvalue weighted by Gasteiger charge is 2.15. The van der Waals surface area contributed by atoms with E-state index < -0.39 is 6.09 Å². The average molecular weight is 294 g/mol. The molecule has 0 aliphatic heterocycles. The first-order valence-electron chi connectivity index (χ1n) is 6.52. The van der Waals surface area contributed by atoms with Crippen LogP contribution in [0.5, 0.6) is 0 Å². The van der Waals surface area contributed by atoms with Crippen molar-refractivity contribution in [2.24, 2.45) is 0 Å². The molecule has 2 aromatic heterocycles. The second-order valence-corrected chi connectivity index (χ2v) is 3.81. The van der Waals surface area contributed by atoms with Gasteiger partial charge in [-0.2, -0.15) is 9.78 Å². The van der Waals surface area contributed by atoms with Crippen molar-refractivity contribution in [3.8, 4) is 5.82 Å². The molecular weight excluding hydrogens is 274 g/mol. The molecule has 0 bridgehead atoms. The van der Waals surface area contributed by atoms with Crippen LogP contribution in [0.2, 0.25) is 0 Å². The summed E-state index contributed by atoms with van der Waals surface area (Å²) in [6, 6.07) is 1.52. The number of carbonyl (C=O) groups excluding carboxylic acids is 1. The molecule has 0 fully saturated rings. The number of quaternary nitrogens is 1. The first kappa shape index (κ1) is 16.5. The molecule has 2 aromatic rings. The normalized spacial score (nSPS) is 11.1. The molecule has 2 rings (SSSR count). The van der Waals surface area contributed by atoms with Crippen LogP contribution in [0.1, 0.15) is 32.6 Å². The molecule has 0 aromatic carbocycles. The molecule has 9 heteroatoms. The SMILES string of the molecule is CC.COC(=O)Nc1cc(-n2ncnc2C(C)[NH3+])ncn1. The Labute approximate surface area is 122 Å².